The van der Waals surface area contributed by atoms with Crippen LogP contribution in [0.2, 0.25) is 0 Å². The Morgan fingerprint density at radius 3 is 2.62 bits per heavy atom. The van der Waals surface area contributed by atoms with Crippen LogP contribution in [0.15, 0.2) is 0 Å². The Morgan fingerprint density at radius 2 is 1.92 bits per heavy atom. The van der Waals surface area contributed by atoms with Crippen molar-refractivity contribution in [1.82, 2.24) is 19.6 Å². The van der Waals surface area contributed by atoms with E-state index >= 15 is 0 Å². The van der Waals surface area contributed by atoms with E-state index in [1.807, 2.05) is 21.5 Å². The van der Waals surface area contributed by atoms with Gasteiger partial charge in [-0.2, -0.15) is 5.10 Å². The third-order valence-corrected chi connectivity index (χ3v) is 6.03. The maximum Gasteiger partial charge on any atom is 0.225 e. The molecule has 0 radical (unpaired) electrons. The summed E-state index contributed by atoms with van der Waals surface area (Å²) >= 11 is 0. The summed E-state index contributed by atoms with van der Waals surface area (Å²) in [5.41, 5.74) is 3.37. The molecule has 142 valence electrons. The normalized spacial score (nSPS) is 20.7. The lowest BCUT2D eigenvalue weighted by molar-refractivity contribution is -0.139. The number of hydrogen-bond acceptors (Lipinski definition) is 4. The molecule has 2 fully saturated rings. The van der Waals surface area contributed by atoms with Crippen LogP contribution in [-0.2, 0) is 40.8 Å². The molecular formula is C19H28N4O3. The van der Waals surface area contributed by atoms with E-state index in [9.17, 15) is 9.59 Å². The Morgan fingerprint density at radius 1 is 1.15 bits per heavy atom. The molecular weight excluding hydrogens is 332 g/mol. The fourth-order valence-corrected chi connectivity index (χ4v) is 4.17. The number of morpholine rings is 1. The summed E-state index contributed by atoms with van der Waals surface area (Å²) in [5.74, 6) is 0.714. The van der Waals surface area contributed by atoms with Crippen molar-refractivity contribution in [3.63, 3.8) is 0 Å². The van der Waals surface area contributed by atoms with Gasteiger partial charge in [-0.1, -0.05) is 6.42 Å². The van der Waals surface area contributed by atoms with Crippen LogP contribution in [0.4, 0.5) is 0 Å². The summed E-state index contributed by atoms with van der Waals surface area (Å²) in [6, 6.07) is 0. The smallest absolute Gasteiger partial charge is 0.225 e. The van der Waals surface area contributed by atoms with E-state index in [0.717, 1.165) is 31.5 Å². The number of aromatic nitrogens is 2. The molecule has 1 saturated carbocycles. The minimum atomic E-state index is 0.172. The monoisotopic (exact) mass is 360 g/mol. The summed E-state index contributed by atoms with van der Waals surface area (Å²) in [4.78, 5) is 28.9. The van der Waals surface area contributed by atoms with Crippen LogP contribution in [-0.4, -0.2) is 64.2 Å². The van der Waals surface area contributed by atoms with E-state index in [4.69, 9.17) is 4.74 Å². The molecule has 1 aromatic heterocycles. The number of ether oxygens (including phenoxy) is 1. The summed E-state index contributed by atoms with van der Waals surface area (Å²) < 4.78 is 7.25. The lowest BCUT2D eigenvalue weighted by atomic mass is 9.84. The van der Waals surface area contributed by atoms with E-state index in [2.05, 4.69) is 5.10 Å². The van der Waals surface area contributed by atoms with E-state index in [0.29, 0.717) is 51.6 Å². The maximum absolute atomic E-state index is 12.6. The average Bonchev–Trinajstić information content (AvgIpc) is 2.94. The number of carbonyl (C=O) groups is 2. The fourth-order valence-electron chi connectivity index (χ4n) is 4.17. The van der Waals surface area contributed by atoms with Crippen LogP contribution < -0.4 is 0 Å². The molecule has 0 spiro atoms. The van der Waals surface area contributed by atoms with Crippen molar-refractivity contribution < 1.29 is 14.3 Å². The van der Waals surface area contributed by atoms with Gasteiger partial charge in [-0.3, -0.25) is 14.3 Å². The Labute approximate surface area is 154 Å². The van der Waals surface area contributed by atoms with Crippen LogP contribution in [0, 0.1) is 5.92 Å². The van der Waals surface area contributed by atoms with Crippen LogP contribution in [0.3, 0.4) is 0 Å². The first-order chi connectivity index (χ1) is 12.6. The topological polar surface area (TPSA) is 67.7 Å². The second-order valence-electron chi connectivity index (χ2n) is 7.63. The number of carbonyl (C=O) groups excluding carboxylic acids is 2. The third-order valence-electron chi connectivity index (χ3n) is 6.03. The summed E-state index contributed by atoms with van der Waals surface area (Å²) in [6.45, 7) is 4.06. The first-order valence-electron chi connectivity index (χ1n) is 9.81. The van der Waals surface area contributed by atoms with Gasteiger partial charge in [-0.25, -0.2) is 0 Å². The number of hydrogen-bond donors (Lipinski definition) is 0. The molecule has 1 saturated heterocycles. The van der Waals surface area contributed by atoms with Crippen molar-refractivity contribution in [1.29, 1.82) is 0 Å². The highest BCUT2D eigenvalue weighted by Gasteiger charge is 2.33. The molecule has 0 bridgehead atoms. The van der Waals surface area contributed by atoms with Gasteiger partial charge in [0, 0.05) is 69.7 Å². The molecule has 26 heavy (non-hydrogen) atoms. The molecule has 4 rings (SSSR count). The lowest BCUT2D eigenvalue weighted by Crippen LogP contribution is -2.42. The van der Waals surface area contributed by atoms with Gasteiger partial charge < -0.3 is 14.5 Å². The second kappa shape index (κ2) is 7.39. The molecule has 0 aromatic carbocycles. The van der Waals surface area contributed by atoms with Gasteiger partial charge in [0.25, 0.3) is 0 Å². The molecule has 0 unspecified atom stereocenters. The predicted octanol–water partition coefficient (Wildman–Crippen LogP) is 0.896. The van der Waals surface area contributed by atoms with Crippen molar-refractivity contribution in [2.75, 3.05) is 32.8 Å². The molecule has 1 aliphatic carbocycles. The zero-order valence-electron chi connectivity index (χ0n) is 15.6. The standard InChI is InChI=1S/C19H28N4O3/c1-21-17-7-8-23(19(25)14-3-2-4-14)13-15(17)16(20-21)5-6-18(24)22-9-11-26-12-10-22/h14H,2-13H2,1H3. The number of rotatable bonds is 4. The van der Waals surface area contributed by atoms with Gasteiger partial charge in [-0.15, -0.1) is 0 Å². The first kappa shape index (κ1) is 17.5. The van der Waals surface area contributed by atoms with E-state index in [1.54, 1.807) is 0 Å². The zero-order valence-corrected chi connectivity index (χ0v) is 15.6. The molecule has 7 nitrogen and oxygen atoms in total. The fraction of sp³-hybridized carbons (Fsp3) is 0.737. The van der Waals surface area contributed by atoms with Crippen molar-refractivity contribution in [2.45, 2.75) is 45.1 Å². The van der Waals surface area contributed by atoms with Crippen molar-refractivity contribution in [3.05, 3.63) is 17.0 Å². The van der Waals surface area contributed by atoms with E-state index in [-0.39, 0.29) is 11.8 Å². The molecule has 2 amide bonds. The first-order valence-corrected chi connectivity index (χ1v) is 9.81. The number of fused-ring (bicyclic) bond motifs is 1. The van der Waals surface area contributed by atoms with Crippen molar-refractivity contribution >= 4 is 11.8 Å². The minimum Gasteiger partial charge on any atom is -0.378 e. The van der Waals surface area contributed by atoms with E-state index in [1.165, 1.54) is 17.7 Å². The lowest BCUT2D eigenvalue weighted by Gasteiger charge is -2.34. The van der Waals surface area contributed by atoms with Crippen molar-refractivity contribution in [3.8, 4) is 0 Å². The number of aryl methyl sites for hydroxylation is 2. The Hall–Kier alpha value is -1.89. The highest BCUT2D eigenvalue weighted by Crippen LogP contribution is 2.31. The highest BCUT2D eigenvalue weighted by atomic mass is 16.5. The summed E-state index contributed by atoms with van der Waals surface area (Å²) in [7, 11) is 1.97. The van der Waals surface area contributed by atoms with Gasteiger partial charge in [0.15, 0.2) is 0 Å². The number of nitrogens with zero attached hydrogens (tertiary/aromatic N) is 4. The summed E-state index contributed by atoms with van der Waals surface area (Å²) in [6.07, 6.45) is 5.23. The van der Waals surface area contributed by atoms with Crippen LogP contribution in [0.5, 0.6) is 0 Å². The van der Waals surface area contributed by atoms with Gasteiger partial charge in [0.05, 0.1) is 18.9 Å². The molecule has 0 N–H and O–H groups in total. The minimum absolute atomic E-state index is 0.172. The van der Waals surface area contributed by atoms with Crippen LogP contribution >= 0.6 is 0 Å². The maximum atomic E-state index is 12.6. The van der Waals surface area contributed by atoms with Crippen molar-refractivity contribution in [2.24, 2.45) is 13.0 Å². The Balaban J connectivity index is 1.41. The summed E-state index contributed by atoms with van der Waals surface area (Å²) in [5, 5.41) is 4.67. The largest absolute Gasteiger partial charge is 0.378 e. The van der Waals surface area contributed by atoms with Crippen LogP contribution in [0.25, 0.3) is 0 Å². The third kappa shape index (κ3) is 3.37. The number of amides is 2. The Bertz CT molecular complexity index is 689. The van der Waals surface area contributed by atoms with Gasteiger partial charge >= 0.3 is 0 Å². The quantitative estimate of drug-likeness (QED) is 0.800. The highest BCUT2D eigenvalue weighted by molar-refractivity contribution is 5.80. The van der Waals surface area contributed by atoms with Crippen LogP contribution in [0.1, 0.15) is 42.6 Å². The zero-order chi connectivity index (χ0) is 18.1. The van der Waals surface area contributed by atoms with Gasteiger partial charge in [-0.05, 0) is 12.8 Å². The molecule has 3 heterocycles. The molecule has 3 aliphatic rings. The van der Waals surface area contributed by atoms with Gasteiger partial charge in [0.1, 0.15) is 0 Å². The average molecular weight is 360 g/mol. The SMILES string of the molecule is Cn1nc(CCC(=O)N2CCOCC2)c2c1CCN(C(=O)C1CCC1)C2. The molecule has 1 aromatic rings. The second-order valence-corrected chi connectivity index (χ2v) is 7.63. The molecule has 2 aliphatic heterocycles. The Kier molecular flexibility index (Phi) is 4.98. The predicted molar refractivity (Wildman–Crippen MR) is 95.4 cm³/mol. The molecule has 0 atom stereocenters. The molecule has 7 heteroatoms. The van der Waals surface area contributed by atoms with E-state index < -0.39 is 0 Å². The van der Waals surface area contributed by atoms with Gasteiger partial charge in [0.2, 0.25) is 11.8 Å².